The minimum Gasteiger partial charge on any atom is -0.478 e. The Labute approximate surface area is 163 Å². The van der Waals surface area contributed by atoms with E-state index in [2.05, 4.69) is 0 Å². The van der Waals surface area contributed by atoms with E-state index in [1.54, 1.807) is 54.6 Å². The number of ether oxygens (including phenoxy) is 1. The topological polar surface area (TPSA) is 87.2 Å². The molecule has 1 unspecified atom stereocenters. The molecule has 0 aliphatic carbocycles. The minimum atomic E-state index is -1.33. The fourth-order valence-electron chi connectivity index (χ4n) is 3.09. The number of carboxylic acid groups (broad SMARTS) is 1. The van der Waals surface area contributed by atoms with Crippen LogP contribution in [-0.2, 0) is 16.0 Å². The SMILES string of the molecule is O=C(O)C(Cc1ccccc1)OC(=O)N1CCCCN1C(=O)c1ccccc1. The summed E-state index contributed by atoms with van der Waals surface area (Å²) in [5.74, 6) is -1.54. The highest BCUT2D eigenvalue weighted by Crippen LogP contribution is 2.18. The maximum absolute atomic E-state index is 12.8. The van der Waals surface area contributed by atoms with Crippen LogP contribution >= 0.6 is 0 Å². The van der Waals surface area contributed by atoms with Gasteiger partial charge in [0.05, 0.1) is 0 Å². The van der Waals surface area contributed by atoms with Crippen molar-refractivity contribution in [3.05, 3.63) is 71.8 Å². The molecule has 2 aromatic rings. The number of carbonyl (C=O) groups is 3. The first kappa shape index (κ1) is 19.4. The summed E-state index contributed by atoms with van der Waals surface area (Å²) < 4.78 is 5.27. The van der Waals surface area contributed by atoms with Crippen LogP contribution in [0.4, 0.5) is 4.79 Å². The second-order valence-electron chi connectivity index (χ2n) is 6.52. The van der Waals surface area contributed by atoms with E-state index in [4.69, 9.17) is 4.74 Å². The fraction of sp³-hybridized carbons (Fsp3) is 0.286. The summed E-state index contributed by atoms with van der Waals surface area (Å²) >= 11 is 0. The third kappa shape index (κ3) is 4.68. The highest BCUT2D eigenvalue weighted by molar-refractivity contribution is 5.95. The van der Waals surface area contributed by atoms with E-state index in [1.807, 2.05) is 6.07 Å². The average molecular weight is 382 g/mol. The lowest BCUT2D eigenvalue weighted by Crippen LogP contribution is -2.54. The maximum atomic E-state index is 12.8. The van der Waals surface area contributed by atoms with Gasteiger partial charge in [-0.05, 0) is 30.5 Å². The molecule has 1 N–H and O–H groups in total. The summed E-state index contributed by atoms with van der Waals surface area (Å²) in [6.45, 7) is 0.675. The van der Waals surface area contributed by atoms with E-state index >= 15 is 0 Å². The van der Waals surface area contributed by atoms with Gasteiger partial charge in [-0.25, -0.2) is 19.6 Å². The van der Waals surface area contributed by atoms with Crippen molar-refractivity contribution in [3.8, 4) is 0 Å². The Morgan fingerprint density at radius 2 is 1.46 bits per heavy atom. The number of hydrogen-bond donors (Lipinski definition) is 1. The monoisotopic (exact) mass is 382 g/mol. The third-order valence-electron chi connectivity index (χ3n) is 4.53. The average Bonchev–Trinajstić information content (AvgIpc) is 2.74. The van der Waals surface area contributed by atoms with Gasteiger partial charge in [-0.15, -0.1) is 0 Å². The highest BCUT2D eigenvalue weighted by atomic mass is 16.6. The predicted octanol–water partition coefficient (Wildman–Crippen LogP) is 2.97. The van der Waals surface area contributed by atoms with E-state index in [1.165, 1.54) is 10.0 Å². The zero-order valence-corrected chi connectivity index (χ0v) is 15.4. The van der Waals surface area contributed by atoms with Gasteiger partial charge in [0.25, 0.3) is 5.91 Å². The van der Waals surface area contributed by atoms with E-state index in [0.717, 1.165) is 12.0 Å². The van der Waals surface area contributed by atoms with Crippen molar-refractivity contribution in [2.75, 3.05) is 13.1 Å². The zero-order chi connectivity index (χ0) is 19.9. The van der Waals surface area contributed by atoms with Crippen LogP contribution in [0.3, 0.4) is 0 Å². The van der Waals surface area contributed by atoms with Crippen molar-refractivity contribution in [2.45, 2.75) is 25.4 Å². The van der Waals surface area contributed by atoms with Gasteiger partial charge in [0, 0.05) is 25.1 Å². The highest BCUT2D eigenvalue weighted by Gasteiger charge is 2.33. The van der Waals surface area contributed by atoms with E-state index in [0.29, 0.717) is 25.1 Å². The fourth-order valence-corrected chi connectivity index (χ4v) is 3.09. The first-order chi connectivity index (χ1) is 13.6. The Balaban J connectivity index is 1.72. The molecule has 0 saturated carbocycles. The summed E-state index contributed by atoms with van der Waals surface area (Å²) in [6, 6.07) is 17.6. The van der Waals surface area contributed by atoms with Gasteiger partial charge < -0.3 is 9.84 Å². The molecule has 1 aliphatic rings. The number of carboxylic acids is 1. The van der Waals surface area contributed by atoms with Crippen LogP contribution in [0, 0.1) is 0 Å². The van der Waals surface area contributed by atoms with Gasteiger partial charge in [0.15, 0.2) is 0 Å². The maximum Gasteiger partial charge on any atom is 0.429 e. The van der Waals surface area contributed by atoms with Crippen molar-refractivity contribution < 1.29 is 24.2 Å². The quantitative estimate of drug-likeness (QED) is 0.859. The first-order valence-corrected chi connectivity index (χ1v) is 9.18. The van der Waals surface area contributed by atoms with Gasteiger partial charge in [0.2, 0.25) is 6.10 Å². The predicted molar refractivity (Wildman–Crippen MR) is 101 cm³/mol. The van der Waals surface area contributed by atoms with Gasteiger partial charge in [0.1, 0.15) is 0 Å². The van der Waals surface area contributed by atoms with E-state index in [-0.39, 0.29) is 12.3 Å². The van der Waals surface area contributed by atoms with Crippen molar-refractivity contribution in [1.82, 2.24) is 10.0 Å². The molecule has 1 fully saturated rings. The smallest absolute Gasteiger partial charge is 0.429 e. The first-order valence-electron chi connectivity index (χ1n) is 9.18. The van der Waals surface area contributed by atoms with Crippen LogP contribution in [0.5, 0.6) is 0 Å². The summed E-state index contributed by atoms with van der Waals surface area (Å²) in [6.07, 6.45) is -0.626. The number of nitrogens with zero attached hydrogens (tertiary/aromatic N) is 2. The van der Waals surface area contributed by atoms with E-state index < -0.39 is 18.2 Å². The number of benzene rings is 2. The Hall–Kier alpha value is -3.35. The number of carbonyl (C=O) groups excluding carboxylic acids is 2. The van der Waals surface area contributed by atoms with Crippen LogP contribution < -0.4 is 0 Å². The molecule has 1 aliphatic heterocycles. The molecule has 1 heterocycles. The second kappa shape index (κ2) is 9.03. The standard InChI is InChI=1S/C21H22N2O5/c24-19(17-11-5-2-6-12-17)22-13-7-8-14-23(22)21(27)28-18(20(25)26)15-16-9-3-1-4-10-16/h1-6,9-12,18H,7-8,13-15H2,(H,25,26). The molecule has 3 rings (SSSR count). The number of hydrogen-bond acceptors (Lipinski definition) is 4. The van der Waals surface area contributed by atoms with Crippen molar-refractivity contribution in [2.24, 2.45) is 0 Å². The lowest BCUT2D eigenvalue weighted by molar-refractivity contribution is -0.148. The van der Waals surface area contributed by atoms with Crippen molar-refractivity contribution in [1.29, 1.82) is 0 Å². The third-order valence-corrected chi connectivity index (χ3v) is 4.53. The molecule has 0 spiro atoms. The van der Waals surface area contributed by atoms with Crippen LogP contribution in [0.25, 0.3) is 0 Å². The molecular formula is C21H22N2O5. The number of aliphatic carboxylic acids is 1. The molecule has 7 nitrogen and oxygen atoms in total. The Morgan fingerprint density at radius 1 is 0.893 bits per heavy atom. The molecule has 0 aromatic heterocycles. The summed E-state index contributed by atoms with van der Waals surface area (Å²) in [5, 5.41) is 12.0. The van der Waals surface area contributed by atoms with Crippen molar-refractivity contribution >= 4 is 18.0 Å². The van der Waals surface area contributed by atoms with Gasteiger partial charge >= 0.3 is 12.1 Å². The molecule has 7 heteroatoms. The number of hydrazine groups is 1. The molecule has 146 valence electrons. The molecule has 1 atom stereocenters. The Bertz CT molecular complexity index is 825. The molecule has 2 amide bonds. The molecule has 0 radical (unpaired) electrons. The summed E-state index contributed by atoms with van der Waals surface area (Å²) in [5.41, 5.74) is 1.21. The number of amides is 2. The number of rotatable bonds is 5. The van der Waals surface area contributed by atoms with Gasteiger partial charge in [-0.1, -0.05) is 48.5 Å². The normalized spacial score (nSPS) is 15.0. The molecule has 2 aromatic carbocycles. The van der Waals surface area contributed by atoms with Crippen LogP contribution in [0.15, 0.2) is 60.7 Å². The lowest BCUT2D eigenvalue weighted by atomic mass is 10.1. The lowest BCUT2D eigenvalue weighted by Gasteiger charge is -2.38. The second-order valence-corrected chi connectivity index (χ2v) is 6.52. The molecular weight excluding hydrogens is 360 g/mol. The van der Waals surface area contributed by atoms with Crippen molar-refractivity contribution in [3.63, 3.8) is 0 Å². The minimum absolute atomic E-state index is 0.0579. The van der Waals surface area contributed by atoms with Crippen LogP contribution in [-0.4, -0.2) is 52.3 Å². The Kier molecular flexibility index (Phi) is 6.26. The molecule has 28 heavy (non-hydrogen) atoms. The van der Waals surface area contributed by atoms with Gasteiger partial charge in [-0.2, -0.15) is 0 Å². The molecule has 1 saturated heterocycles. The summed E-state index contributed by atoms with van der Waals surface area (Å²) in [7, 11) is 0. The van der Waals surface area contributed by atoms with E-state index in [9.17, 15) is 19.5 Å². The summed E-state index contributed by atoms with van der Waals surface area (Å²) in [4.78, 5) is 37.1. The van der Waals surface area contributed by atoms with Crippen LogP contribution in [0.2, 0.25) is 0 Å². The Morgan fingerprint density at radius 3 is 2.07 bits per heavy atom. The van der Waals surface area contributed by atoms with Crippen LogP contribution in [0.1, 0.15) is 28.8 Å². The van der Waals surface area contributed by atoms with Gasteiger partial charge in [-0.3, -0.25) is 4.79 Å². The molecule has 0 bridgehead atoms. The largest absolute Gasteiger partial charge is 0.478 e. The zero-order valence-electron chi connectivity index (χ0n) is 15.4.